The summed E-state index contributed by atoms with van der Waals surface area (Å²) in [5.41, 5.74) is 7.72. The Bertz CT molecular complexity index is 527. The molecule has 0 saturated heterocycles. The van der Waals surface area contributed by atoms with Crippen LogP contribution in [0.15, 0.2) is 18.2 Å². The minimum Gasteiger partial charge on any atom is -0.487 e. The highest BCUT2D eigenvalue weighted by Crippen LogP contribution is 2.35. The molecule has 2 aromatic rings. The van der Waals surface area contributed by atoms with Crippen LogP contribution in [0.3, 0.4) is 0 Å². The van der Waals surface area contributed by atoms with Crippen LogP contribution in [0.4, 0.5) is 10.8 Å². The normalized spacial score (nSPS) is 10.3. The largest absolute Gasteiger partial charge is 0.487 e. The molecule has 0 spiro atoms. The highest BCUT2D eigenvalue weighted by molar-refractivity contribution is 7.11. The van der Waals surface area contributed by atoms with Crippen LogP contribution in [-0.4, -0.2) is 16.0 Å². The molecule has 0 bridgehead atoms. The van der Waals surface area contributed by atoms with Gasteiger partial charge in [-0.05, 0) is 37.5 Å². The minimum atomic E-state index is 0.432. The maximum absolute atomic E-state index is 5.74. The average molecular weight is 264 g/mol. The molecule has 0 aliphatic carbocycles. The highest BCUT2D eigenvalue weighted by atomic mass is 32.1. The second-order valence-corrected chi connectivity index (χ2v) is 4.56. The Hall–Kier alpha value is -1.82. The number of nitrogens with two attached hydrogens (primary N) is 1. The Morgan fingerprint density at radius 3 is 3.00 bits per heavy atom. The minimum absolute atomic E-state index is 0.432. The summed E-state index contributed by atoms with van der Waals surface area (Å²) in [6, 6.07) is 5.94. The lowest BCUT2D eigenvalue weighted by Crippen LogP contribution is -2.03. The van der Waals surface area contributed by atoms with E-state index in [1.165, 1.54) is 11.5 Å². The molecule has 18 heavy (non-hydrogen) atoms. The van der Waals surface area contributed by atoms with Crippen LogP contribution in [0.5, 0.6) is 5.75 Å². The Labute approximate surface area is 110 Å². The molecule has 0 saturated carbocycles. The van der Waals surface area contributed by atoms with Gasteiger partial charge >= 0.3 is 0 Å². The fourth-order valence-electron chi connectivity index (χ4n) is 1.56. The maximum atomic E-state index is 5.74. The smallest absolute Gasteiger partial charge is 0.197 e. The monoisotopic (exact) mass is 264 g/mol. The Kier molecular flexibility index (Phi) is 3.99. The summed E-state index contributed by atoms with van der Waals surface area (Å²) in [6.07, 6.45) is 0. The quantitative estimate of drug-likeness (QED) is 0.867. The van der Waals surface area contributed by atoms with E-state index in [4.69, 9.17) is 10.5 Å². The number of nitrogen functional groups attached to an aromatic ring is 1. The van der Waals surface area contributed by atoms with Gasteiger partial charge < -0.3 is 15.8 Å². The molecule has 0 aromatic carbocycles. The predicted octanol–water partition coefficient (Wildman–Crippen LogP) is 2.44. The number of nitrogens with zero attached hydrogens (tertiary/aromatic N) is 2. The molecule has 0 unspecified atom stereocenters. The van der Waals surface area contributed by atoms with Crippen molar-refractivity contribution in [3.63, 3.8) is 0 Å². The van der Waals surface area contributed by atoms with Crippen LogP contribution in [0.2, 0.25) is 0 Å². The first-order valence-electron chi connectivity index (χ1n) is 5.75. The number of nitrogens with one attached hydrogen (secondary N) is 1. The summed E-state index contributed by atoms with van der Waals surface area (Å²) in [4.78, 5) is 4.42. The van der Waals surface area contributed by atoms with Crippen molar-refractivity contribution < 1.29 is 4.74 Å². The molecule has 2 aromatic heterocycles. The highest BCUT2D eigenvalue weighted by Gasteiger charge is 2.12. The number of anilines is 2. The van der Waals surface area contributed by atoms with Crippen molar-refractivity contribution in [1.29, 1.82) is 0 Å². The van der Waals surface area contributed by atoms with E-state index in [-0.39, 0.29) is 0 Å². The molecule has 5 nitrogen and oxygen atoms in total. The Morgan fingerprint density at radius 2 is 2.28 bits per heavy atom. The number of hydrogen-bond donors (Lipinski definition) is 2. The zero-order valence-corrected chi connectivity index (χ0v) is 11.3. The number of rotatable bonds is 5. The molecule has 3 N–H and O–H groups in total. The average Bonchev–Trinajstić information content (AvgIpc) is 2.69. The lowest BCUT2D eigenvalue weighted by molar-refractivity contribution is 0.344. The molecule has 0 radical (unpaired) electrons. The third kappa shape index (κ3) is 2.89. The van der Waals surface area contributed by atoms with E-state index < -0.39 is 0 Å². The first-order valence-corrected chi connectivity index (χ1v) is 6.52. The van der Waals surface area contributed by atoms with Gasteiger partial charge in [0.25, 0.3) is 0 Å². The van der Waals surface area contributed by atoms with Gasteiger partial charge in [0.2, 0.25) is 0 Å². The van der Waals surface area contributed by atoms with Crippen LogP contribution < -0.4 is 15.8 Å². The van der Waals surface area contributed by atoms with Gasteiger partial charge in [0.15, 0.2) is 16.6 Å². The standard InChI is InChI=1S/C12H16N4OS/c1-3-17-10-11(13)16-18-12(10)14-7-9-6-4-5-8(2)15-9/h4-6,14H,3,7H2,1-2H3,(H2,13,16). The predicted molar refractivity (Wildman–Crippen MR) is 74.0 cm³/mol. The van der Waals surface area contributed by atoms with Crippen molar-refractivity contribution in [2.75, 3.05) is 17.7 Å². The lowest BCUT2D eigenvalue weighted by Gasteiger charge is -2.07. The summed E-state index contributed by atoms with van der Waals surface area (Å²) in [7, 11) is 0. The van der Waals surface area contributed by atoms with E-state index >= 15 is 0 Å². The van der Waals surface area contributed by atoms with E-state index in [1.807, 2.05) is 32.0 Å². The van der Waals surface area contributed by atoms with Crippen LogP contribution >= 0.6 is 11.5 Å². The van der Waals surface area contributed by atoms with E-state index in [0.717, 1.165) is 16.4 Å². The number of aromatic nitrogens is 2. The van der Waals surface area contributed by atoms with Crippen molar-refractivity contribution in [2.24, 2.45) is 0 Å². The van der Waals surface area contributed by atoms with Gasteiger partial charge in [-0.2, -0.15) is 4.37 Å². The van der Waals surface area contributed by atoms with Gasteiger partial charge in [0, 0.05) is 5.69 Å². The Balaban J connectivity index is 2.06. The second kappa shape index (κ2) is 5.68. The third-order valence-corrected chi connectivity index (χ3v) is 3.14. The summed E-state index contributed by atoms with van der Waals surface area (Å²) < 4.78 is 9.54. The first-order chi connectivity index (χ1) is 8.70. The van der Waals surface area contributed by atoms with Crippen molar-refractivity contribution >= 4 is 22.4 Å². The van der Waals surface area contributed by atoms with Crippen LogP contribution in [0.1, 0.15) is 18.3 Å². The van der Waals surface area contributed by atoms with Crippen molar-refractivity contribution in [3.8, 4) is 5.75 Å². The fourth-order valence-corrected chi connectivity index (χ4v) is 2.21. The van der Waals surface area contributed by atoms with Gasteiger partial charge in [0.05, 0.1) is 18.8 Å². The molecule has 0 amide bonds. The number of pyridine rings is 1. The molecule has 96 valence electrons. The van der Waals surface area contributed by atoms with Crippen LogP contribution in [0.25, 0.3) is 0 Å². The summed E-state index contributed by atoms with van der Waals surface area (Å²) in [6.45, 7) is 5.09. The van der Waals surface area contributed by atoms with Crippen molar-refractivity contribution in [3.05, 3.63) is 29.6 Å². The Morgan fingerprint density at radius 1 is 1.44 bits per heavy atom. The van der Waals surface area contributed by atoms with Gasteiger partial charge in [-0.1, -0.05) is 6.07 Å². The molecule has 6 heteroatoms. The lowest BCUT2D eigenvalue weighted by atomic mass is 10.3. The summed E-state index contributed by atoms with van der Waals surface area (Å²) in [5, 5.41) is 4.10. The summed E-state index contributed by atoms with van der Waals surface area (Å²) in [5.74, 6) is 1.07. The van der Waals surface area contributed by atoms with E-state index in [2.05, 4.69) is 14.7 Å². The number of aryl methyl sites for hydroxylation is 1. The van der Waals surface area contributed by atoms with Crippen molar-refractivity contribution in [1.82, 2.24) is 9.36 Å². The van der Waals surface area contributed by atoms with Gasteiger partial charge in [-0.3, -0.25) is 4.98 Å². The maximum Gasteiger partial charge on any atom is 0.197 e. The topological polar surface area (TPSA) is 73.1 Å². The van der Waals surface area contributed by atoms with Crippen molar-refractivity contribution in [2.45, 2.75) is 20.4 Å². The molecule has 2 heterocycles. The van der Waals surface area contributed by atoms with E-state index in [0.29, 0.717) is 24.7 Å². The zero-order chi connectivity index (χ0) is 13.0. The molecule has 0 aliphatic heterocycles. The molecule has 0 fully saturated rings. The van der Waals surface area contributed by atoms with E-state index in [9.17, 15) is 0 Å². The molecular weight excluding hydrogens is 248 g/mol. The van der Waals surface area contributed by atoms with E-state index in [1.54, 1.807) is 0 Å². The SMILES string of the molecule is CCOc1c(N)nsc1NCc1cccc(C)n1. The number of hydrogen-bond acceptors (Lipinski definition) is 6. The van der Waals surface area contributed by atoms with Crippen LogP contribution in [-0.2, 0) is 6.54 Å². The van der Waals surface area contributed by atoms with Gasteiger partial charge in [-0.15, -0.1) is 0 Å². The first kappa shape index (κ1) is 12.6. The summed E-state index contributed by atoms with van der Waals surface area (Å²) >= 11 is 1.30. The van der Waals surface area contributed by atoms with Crippen LogP contribution in [0, 0.1) is 6.92 Å². The fraction of sp³-hybridized carbons (Fsp3) is 0.333. The van der Waals surface area contributed by atoms with Gasteiger partial charge in [0.1, 0.15) is 0 Å². The molecule has 2 rings (SSSR count). The second-order valence-electron chi connectivity index (χ2n) is 3.78. The molecular formula is C12H16N4OS. The zero-order valence-electron chi connectivity index (χ0n) is 10.4. The number of ether oxygens (including phenoxy) is 1. The molecule has 0 atom stereocenters. The third-order valence-electron chi connectivity index (χ3n) is 2.34. The molecule has 0 aliphatic rings. The van der Waals surface area contributed by atoms with Gasteiger partial charge in [-0.25, -0.2) is 0 Å².